The van der Waals surface area contributed by atoms with Gasteiger partial charge in [-0.2, -0.15) is 0 Å². The van der Waals surface area contributed by atoms with Crippen molar-refractivity contribution in [2.24, 2.45) is 17.3 Å². The van der Waals surface area contributed by atoms with E-state index in [9.17, 15) is 14.7 Å². The summed E-state index contributed by atoms with van der Waals surface area (Å²) >= 11 is 1.61. The Bertz CT molecular complexity index is 960. The summed E-state index contributed by atoms with van der Waals surface area (Å²) < 4.78 is 6.04. The van der Waals surface area contributed by atoms with E-state index in [0.29, 0.717) is 12.8 Å². The number of aryl methyl sites for hydroxylation is 1. The van der Waals surface area contributed by atoms with Gasteiger partial charge in [-0.05, 0) is 69.9 Å². The third-order valence-corrected chi connectivity index (χ3v) is 8.85. The number of hydrogen-bond donors (Lipinski definition) is 1. The van der Waals surface area contributed by atoms with Crippen molar-refractivity contribution < 1.29 is 19.4 Å². The zero-order chi connectivity index (χ0) is 28.3. The molecule has 0 saturated heterocycles. The quantitative estimate of drug-likeness (QED) is 0.212. The third kappa shape index (κ3) is 10.4. The molecule has 1 aromatic heterocycles. The van der Waals surface area contributed by atoms with Gasteiger partial charge in [0.15, 0.2) is 0 Å². The van der Waals surface area contributed by atoms with Gasteiger partial charge in [0.1, 0.15) is 11.9 Å². The molecule has 0 saturated carbocycles. The van der Waals surface area contributed by atoms with E-state index >= 15 is 0 Å². The number of hydrogen-bond acceptors (Lipinski definition) is 6. The molecule has 214 valence electrons. The standard InChI is InChI=1S/C32H51NO4S/c1-8-9-10-11-14-26-15-12-13-22(2)30(35)24(4)31(36)32(6,7)19-18-29(34)37-28(17-16-26)23(3)20-27-21-38-25(5)33-27/h16,20-22,24,28,30,35H,8-15,17-19H2,1-7H3/b23-20+,26-16-/t22-,24+,28-,30-/m0/s1. The van der Waals surface area contributed by atoms with Gasteiger partial charge in [0.05, 0.1) is 16.8 Å². The molecule has 2 rings (SSSR count). The fraction of sp³-hybridized carbons (Fsp3) is 0.719. The van der Waals surface area contributed by atoms with Crippen molar-refractivity contribution in [3.63, 3.8) is 0 Å². The lowest BCUT2D eigenvalue weighted by Crippen LogP contribution is -2.39. The summed E-state index contributed by atoms with van der Waals surface area (Å²) in [7, 11) is 0. The van der Waals surface area contributed by atoms with Crippen LogP contribution >= 0.6 is 11.3 Å². The maximum atomic E-state index is 13.3. The van der Waals surface area contributed by atoms with Crippen LogP contribution in [0.5, 0.6) is 0 Å². The van der Waals surface area contributed by atoms with Crippen LogP contribution in [0.4, 0.5) is 0 Å². The van der Waals surface area contributed by atoms with Gasteiger partial charge >= 0.3 is 5.97 Å². The highest BCUT2D eigenvalue weighted by atomic mass is 32.1. The van der Waals surface area contributed by atoms with Gasteiger partial charge in [-0.3, -0.25) is 9.59 Å². The highest BCUT2D eigenvalue weighted by molar-refractivity contribution is 7.09. The average Bonchev–Trinajstić information content (AvgIpc) is 3.29. The number of rotatable bonds is 7. The Morgan fingerprint density at radius 2 is 1.95 bits per heavy atom. The van der Waals surface area contributed by atoms with Gasteiger partial charge in [0.25, 0.3) is 0 Å². The number of carbonyl (C=O) groups excluding carboxylic acids is 2. The Hall–Kier alpha value is -1.79. The molecular formula is C32H51NO4S. The lowest BCUT2D eigenvalue weighted by molar-refractivity contribution is -0.148. The normalized spacial score (nSPS) is 28.0. The summed E-state index contributed by atoms with van der Waals surface area (Å²) in [5.41, 5.74) is 2.57. The molecule has 4 atom stereocenters. The molecule has 1 aliphatic heterocycles. The second-order valence-electron chi connectivity index (χ2n) is 12.0. The SMILES string of the molecule is CCCCCC/C1=C/C[C@@H](/C(C)=C/c2csc(C)n2)OC(=O)CCC(C)(C)C(=O)[C@H](C)[C@@H](O)[C@@H](C)CCC1. The van der Waals surface area contributed by atoms with Gasteiger partial charge in [0.2, 0.25) is 0 Å². The number of aliphatic hydroxyl groups excluding tert-OH is 1. The Labute approximate surface area is 235 Å². The van der Waals surface area contributed by atoms with Crippen molar-refractivity contribution >= 4 is 29.2 Å². The van der Waals surface area contributed by atoms with E-state index in [4.69, 9.17) is 4.74 Å². The molecule has 5 nitrogen and oxygen atoms in total. The van der Waals surface area contributed by atoms with Crippen molar-refractivity contribution in [2.75, 3.05) is 0 Å². The van der Waals surface area contributed by atoms with Crippen molar-refractivity contribution in [2.45, 2.75) is 131 Å². The molecule has 1 aromatic rings. The second kappa shape index (κ2) is 15.7. The topological polar surface area (TPSA) is 76.5 Å². The monoisotopic (exact) mass is 545 g/mol. The number of Topliss-reactive ketones (excluding diaryl/α,β-unsaturated/α-hetero) is 1. The Balaban J connectivity index is 2.33. The number of allylic oxidation sites excluding steroid dienone is 1. The maximum absolute atomic E-state index is 13.3. The van der Waals surface area contributed by atoms with E-state index in [-0.39, 0.29) is 30.2 Å². The summed E-state index contributed by atoms with van der Waals surface area (Å²) in [5.74, 6) is -0.694. The van der Waals surface area contributed by atoms with Crippen molar-refractivity contribution in [1.29, 1.82) is 0 Å². The fourth-order valence-electron chi connectivity index (χ4n) is 5.32. The molecule has 0 aromatic carbocycles. The smallest absolute Gasteiger partial charge is 0.306 e. The van der Waals surface area contributed by atoms with Crippen LogP contribution in [-0.4, -0.2) is 34.1 Å². The number of aliphatic hydroxyl groups is 1. The second-order valence-corrected chi connectivity index (χ2v) is 13.0. The van der Waals surface area contributed by atoms with Gasteiger partial charge in [-0.25, -0.2) is 4.98 Å². The van der Waals surface area contributed by atoms with Gasteiger partial charge < -0.3 is 9.84 Å². The maximum Gasteiger partial charge on any atom is 0.306 e. The molecule has 0 fully saturated rings. The van der Waals surface area contributed by atoms with Gasteiger partial charge in [-0.1, -0.05) is 65.5 Å². The van der Waals surface area contributed by atoms with Crippen LogP contribution < -0.4 is 0 Å². The molecular weight excluding hydrogens is 494 g/mol. The number of thiazole rings is 1. The van der Waals surface area contributed by atoms with Crippen LogP contribution in [0.15, 0.2) is 22.6 Å². The number of unbranched alkanes of at least 4 members (excludes halogenated alkanes) is 3. The highest BCUT2D eigenvalue weighted by Gasteiger charge is 2.37. The molecule has 0 radical (unpaired) electrons. The van der Waals surface area contributed by atoms with Gasteiger partial charge in [0, 0.05) is 29.6 Å². The zero-order valence-electron chi connectivity index (χ0n) is 24.8. The highest BCUT2D eigenvalue weighted by Crippen LogP contribution is 2.32. The number of aromatic nitrogens is 1. The predicted octanol–water partition coefficient (Wildman–Crippen LogP) is 8.25. The summed E-state index contributed by atoms with van der Waals surface area (Å²) in [6.45, 7) is 13.9. The van der Waals surface area contributed by atoms with Gasteiger partial charge in [-0.15, -0.1) is 11.3 Å². The minimum Gasteiger partial charge on any atom is -0.457 e. The van der Waals surface area contributed by atoms with E-state index < -0.39 is 17.4 Å². The largest absolute Gasteiger partial charge is 0.457 e. The summed E-state index contributed by atoms with van der Waals surface area (Å²) in [6.07, 6.45) is 13.2. The first-order valence-electron chi connectivity index (χ1n) is 14.6. The molecule has 38 heavy (non-hydrogen) atoms. The average molecular weight is 546 g/mol. The van der Waals surface area contributed by atoms with Crippen molar-refractivity contribution in [3.05, 3.63) is 33.3 Å². The number of ether oxygens (including phenoxy) is 1. The van der Waals surface area contributed by atoms with Crippen LogP contribution in [0.1, 0.15) is 123 Å². The molecule has 0 bridgehead atoms. The summed E-state index contributed by atoms with van der Waals surface area (Å²) in [6, 6.07) is 0. The number of carbonyl (C=O) groups is 2. The molecule has 0 aliphatic carbocycles. The minimum atomic E-state index is -0.708. The van der Waals surface area contributed by atoms with E-state index in [1.54, 1.807) is 11.3 Å². The molecule has 6 heteroatoms. The van der Waals surface area contributed by atoms with Crippen LogP contribution in [0.2, 0.25) is 0 Å². The number of esters is 1. The Morgan fingerprint density at radius 3 is 2.61 bits per heavy atom. The minimum absolute atomic E-state index is 0.0137. The molecule has 0 spiro atoms. The van der Waals surface area contributed by atoms with E-state index in [0.717, 1.165) is 48.4 Å². The first-order chi connectivity index (χ1) is 17.9. The first-order valence-corrected chi connectivity index (χ1v) is 15.5. The molecule has 1 aliphatic rings. The molecule has 0 unspecified atom stereocenters. The fourth-order valence-corrected chi connectivity index (χ4v) is 5.89. The zero-order valence-corrected chi connectivity index (χ0v) is 25.7. The van der Waals surface area contributed by atoms with Crippen molar-refractivity contribution in [3.8, 4) is 0 Å². The van der Waals surface area contributed by atoms with E-state index in [2.05, 4.69) is 24.9 Å². The van der Waals surface area contributed by atoms with Crippen LogP contribution in [0.25, 0.3) is 6.08 Å². The first kappa shape index (κ1) is 32.4. The number of cyclic esters (lactones) is 1. The summed E-state index contributed by atoms with van der Waals surface area (Å²) in [4.78, 5) is 30.9. The van der Waals surface area contributed by atoms with Crippen LogP contribution in [-0.2, 0) is 14.3 Å². The molecule has 0 amide bonds. The van der Waals surface area contributed by atoms with Crippen LogP contribution in [0, 0.1) is 24.2 Å². The molecule has 1 N–H and O–H groups in total. The summed E-state index contributed by atoms with van der Waals surface area (Å²) in [5, 5.41) is 14.0. The van der Waals surface area contributed by atoms with E-state index in [1.807, 2.05) is 46.1 Å². The number of nitrogens with zero attached hydrogens (tertiary/aromatic N) is 1. The third-order valence-electron chi connectivity index (χ3n) is 8.05. The Morgan fingerprint density at radius 1 is 1.21 bits per heavy atom. The Kier molecular flexibility index (Phi) is 13.4. The van der Waals surface area contributed by atoms with Crippen molar-refractivity contribution in [1.82, 2.24) is 4.98 Å². The van der Waals surface area contributed by atoms with E-state index in [1.165, 1.54) is 24.8 Å². The lowest BCUT2D eigenvalue weighted by atomic mass is 9.74. The molecule has 2 heterocycles. The van der Waals surface area contributed by atoms with Crippen LogP contribution in [0.3, 0.4) is 0 Å². The predicted molar refractivity (Wildman–Crippen MR) is 158 cm³/mol. The number of ketones is 1. The lowest BCUT2D eigenvalue weighted by Gasteiger charge is -2.31.